The first-order chi connectivity index (χ1) is 19.9. The van der Waals surface area contributed by atoms with E-state index in [0.717, 1.165) is 11.2 Å². The SMILES string of the molecule is O=C(O)CN(CC(=O)O)c1ncnc2c1ncn2[C@@H]1O[C@H](CO)[C@@H](O)[C@H]1O.O=P(O)(O)OP(=O)(O)OP(=O)(O)OP(=O)(O)O. The molecule has 6 atom stereocenters. The van der Waals surface area contributed by atoms with Gasteiger partial charge >= 0.3 is 43.2 Å². The predicted molar refractivity (Wildman–Crippen MR) is 133 cm³/mol. The van der Waals surface area contributed by atoms with Gasteiger partial charge in [0.05, 0.1) is 12.9 Å². The maximum absolute atomic E-state index is 11.1. The Hall–Kier alpha value is -2.31. The first-order valence-electron chi connectivity index (χ1n) is 10.8. The molecule has 0 bridgehead atoms. The largest absolute Gasteiger partial charge is 0.490 e. The third-order valence-electron chi connectivity index (χ3n) is 4.71. The minimum Gasteiger partial charge on any atom is -0.480 e. The van der Waals surface area contributed by atoms with Crippen LogP contribution in [0.2, 0.25) is 0 Å². The molecule has 0 aromatic carbocycles. The van der Waals surface area contributed by atoms with Gasteiger partial charge in [-0.25, -0.2) is 33.2 Å². The number of ether oxygens (including phenoxy) is 1. The summed E-state index contributed by atoms with van der Waals surface area (Å²) in [5.74, 6) is -2.54. The number of nitrogens with zero attached hydrogens (tertiary/aromatic N) is 5. The van der Waals surface area contributed by atoms with Gasteiger partial charge < -0.3 is 64.5 Å². The second kappa shape index (κ2) is 14.4. The van der Waals surface area contributed by atoms with Gasteiger partial charge in [-0.1, -0.05) is 0 Å². The molecule has 2 aromatic heterocycles. The lowest BCUT2D eigenvalue weighted by Gasteiger charge is -2.20. The monoisotopic (exact) mass is 721 g/mol. The molecule has 2 aromatic rings. The second-order valence-electron chi connectivity index (χ2n) is 8.06. The van der Waals surface area contributed by atoms with E-state index in [2.05, 4.69) is 27.9 Å². The minimum absolute atomic E-state index is 0.0182. The van der Waals surface area contributed by atoms with E-state index < -0.39 is 87.5 Å². The number of fused-ring (bicyclic) bond motifs is 1. The molecule has 250 valence electrons. The molecule has 0 radical (unpaired) electrons. The Bertz CT molecular complexity index is 1480. The van der Waals surface area contributed by atoms with Crippen molar-refractivity contribution in [1.29, 1.82) is 0 Å². The highest BCUT2D eigenvalue weighted by atomic mass is 31.3. The number of carboxylic acid groups (broad SMARTS) is 2. The number of phosphoric acid groups is 4. The fourth-order valence-electron chi connectivity index (χ4n) is 3.33. The fraction of sp³-hybridized carbons (Fsp3) is 0.500. The van der Waals surface area contributed by atoms with Gasteiger partial charge in [0.25, 0.3) is 0 Å². The molecule has 1 fully saturated rings. The summed E-state index contributed by atoms with van der Waals surface area (Å²) in [6, 6.07) is 0. The number of hydrogen-bond donors (Lipinski definition) is 11. The summed E-state index contributed by atoms with van der Waals surface area (Å²) in [6.07, 6.45) is -2.46. The van der Waals surface area contributed by atoms with Crippen molar-refractivity contribution in [2.24, 2.45) is 0 Å². The number of aromatic nitrogens is 4. The van der Waals surface area contributed by atoms with Crippen LogP contribution in [-0.4, -0.2) is 124 Å². The number of carboxylic acids is 2. The van der Waals surface area contributed by atoms with Crippen LogP contribution in [-0.2, 0) is 45.5 Å². The summed E-state index contributed by atoms with van der Waals surface area (Å²) in [5, 5.41) is 47.3. The molecule has 11 N–H and O–H groups in total. The number of anilines is 1. The number of hydrogen-bond acceptors (Lipinski definition) is 17. The maximum atomic E-state index is 11.1. The van der Waals surface area contributed by atoms with Crippen LogP contribution in [0.3, 0.4) is 0 Å². The molecule has 1 saturated heterocycles. The van der Waals surface area contributed by atoms with Gasteiger partial charge in [-0.15, -0.1) is 0 Å². The fourth-order valence-corrected chi connectivity index (χ4v) is 7.30. The molecule has 3 heterocycles. The van der Waals surface area contributed by atoms with Crippen molar-refractivity contribution in [2.45, 2.75) is 24.5 Å². The standard InChI is InChI=1S/C14H17N5O8.H6O13P4/c20-3-6-10(25)11(26)14(27-6)19-5-17-9-12(15-4-16-13(9)19)18(1-7(21)22)2-8(23)24;1-14(2,3)11-16(7,8)13-17(9,10)12-15(4,5)6/h4-6,10-11,14,20,25-26H,1-3H2,(H,21,22)(H,23,24);(H,7,8)(H,9,10)(H2,1,2,3)(H2,4,5,6)/t6-,10-,11-,14-;/m1./s1. The van der Waals surface area contributed by atoms with Crippen LogP contribution in [0.1, 0.15) is 6.23 Å². The van der Waals surface area contributed by atoms with Crippen molar-refractivity contribution in [1.82, 2.24) is 19.5 Å². The third-order valence-corrected chi connectivity index (χ3v) is 9.71. The lowest BCUT2D eigenvalue weighted by atomic mass is 10.1. The average molecular weight is 721 g/mol. The second-order valence-corrected chi connectivity index (χ2v) is 13.9. The van der Waals surface area contributed by atoms with Gasteiger partial charge in [-0.3, -0.25) is 14.2 Å². The lowest BCUT2D eigenvalue weighted by molar-refractivity contribution is -0.136. The summed E-state index contributed by atoms with van der Waals surface area (Å²) < 4.78 is 57.6. The van der Waals surface area contributed by atoms with Crippen LogP contribution in [0.25, 0.3) is 11.2 Å². The third kappa shape index (κ3) is 11.2. The Morgan fingerprint density at radius 1 is 0.841 bits per heavy atom. The quantitative estimate of drug-likeness (QED) is 0.0909. The van der Waals surface area contributed by atoms with E-state index in [4.69, 9.17) is 44.3 Å². The molecule has 1 aliphatic rings. The summed E-state index contributed by atoms with van der Waals surface area (Å²) in [6.45, 7) is -1.76. The lowest BCUT2D eigenvalue weighted by Crippen LogP contribution is -2.35. The van der Waals surface area contributed by atoms with E-state index in [9.17, 15) is 43.2 Å². The van der Waals surface area contributed by atoms with Crippen molar-refractivity contribution >= 4 is 60.2 Å². The maximum Gasteiger partial charge on any atom is 0.490 e. The molecule has 0 amide bonds. The van der Waals surface area contributed by atoms with Crippen LogP contribution in [0.15, 0.2) is 12.7 Å². The highest BCUT2D eigenvalue weighted by Gasteiger charge is 2.45. The van der Waals surface area contributed by atoms with Gasteiger partial charge in [-0.2, -0.15) is 12.9 Å². The average Bonchev–Trinajstić information content (AvgIpc) is 3.35. The van der Waals surface area contributed by atoms with Crippen LogP contribution < -0.4 is 4.90 Å². The molecule has 44 heavy (non-hydrogen) atoms. The van der Waals surface area contributed by atoms with E-state index in [0.29, 0.717) is 0 Å². The number of aliphatic hydroxyl groups excluding tert-OH is 3. The van der Waals surface area contributed by atoms with Crippen LogP contribution in [0, 0.1) is 0 Å². The van der Waals surface area contributed by atoms with Crippen molar-refractivity contribution < 1.29 is 100 Å². The van der Waals surface area contributed by atoms with Gasteiger partial charge in [0.15, 0.2) is 23.2 Å². The zero-order valence-corrected chi connectivity index (χ0v) is 24.7. The van der Waals surface area contributed by atoms with E-state index in [1.54, 1.807) is 0 Å². The van der Waals surface area contributed by atoms with Gasteiger partial charge in [0, 0.05) is 0 Å². The molecule has 2 unspecified atom stereocenters. The Balaban J connectivity index is 0.000000345. The van der Waals surface area contributed by atoms with Crippen molar-refractivity contribution in [3.05, 3.63) is 12.7 Å². The molecule has 26 nitrogen and oxygen atoms in total. The van der Waals surface area contributed by atoms with Crippen LogP contribution in [0.5, 0.6) is 0 Å². The zero-order valence-electron chi connectivity index (χ0n) is 21.1. The molecule has 1 aliphatic heterocycles. The zero-order chi connectivity index (χ0) is 33.8. The minimum atomic E-state index is -5.77. The van der Waals surface area contributed by atoms with E-state index in [1.807, 2.05) is 0 Å². The molecule has 0 spiro atoms. The van der Waals surface area contributed by atoms with E-state index in [-0.39, 0.29) is 17.0 Å². The first-order valence-corrected chi connectivity index (χ1v) is 16.9. The van der Waals surface area contributed by atoms with Crippen LogP contribution >= 0.6 is 31.3 Å². The van der Waals surface area contributed by atoms with Crippen molar-refractivity contribution in [3.8, 4) is 0 Å². The highest BCUT2D eigenvalue weighted by molar-refractivity contribution is 7.69. The van der Waals surface area contributed by atoms with Gasteiger partial charge in [-0.05, 0) is 0 Å². The summed E-state index contributed by atoms with van der Waals surface area (Å²) in [4.78, 5) is 84.6. The Morgan fingerprint density at radius 3 is 1.75 bits per heavy atom. The molecule has 0 saturated carbocycles. The van der Waals surface area contributed by atoms with Gasteiger partial charge in [0.1, 0.15) is 37.7 Å². The molecular formula is C14H23N5O21P4. The van der Waals surface area contributed by atoms with Crippen molar-refractivity contribution in [3.63, 3.8) is 0 Å². The molecule has 0 aliphatic carbocycles. The number of imidazole rings is 1. The Morgan fingerprint density at radius 2 is 1.34 bits per heavy atom. The number of rotatable bonds is 13. The summed E-state index contributed by atoms with van der Waals surface area (Å²) in [7, 11) is -22.6. The van der Waals surface area contributed by atoms with Gasteiger partial charge in [0.2, 0.25) is 0 Å². The normalized spacial score (nSPS) is 23.3. The highest BCUT2D eigenvalue weighted by Crippen LogP contribution is 2.69. The Kier molecular flexibility index (Phi) is 12.4. The number of aliphatic carboxylic acids is 2. The predicted octanol–water partition coefficient (Wildman–Crippen LogP) is -3.16. The van der Waals surface area contributed by atoms with E-state index in [1.165, 1.54) is 10.9 Å². The number of carbonyl (C=O) groups is 2. The van der Waals surface area contributed by atoms with E-state index >= 15 is 0 Å². The topological polar surface area (TPSA) is 409 Å². The van der Waals surface area contributed by atoms with Crippen LogP contribution in [0.4, 0.5) is 5.82 Å². The first kappa shape index (κ1) is 37.9. The number of aliphatic hydroxyl groups is 3. The Labute approximate surface area is 242 Å². The van der Waals surface area contributed by atoms with Crippen molar-refractivity contribution in [2.75, 3.05) is 24.6 Å². The molecular weight excluding hydrogens is 698 g/mol. The smallest absolute Gasteiger partial charge is 0.480 e. The molecule has 3 rings (SSSR count). The summed E-state index contributed by atoms with van der Waals surface area (Å²) >= 11 is 0. The molecule has 30 heteroatoms. The summed E-state index contributed by atoms with van der Waals surface area (Å²) in [5.41, 5.74) is 0.230.